The predicted molar refractivity (Wildman–Crippen MR) is 88.9 cm³/mol. The molecule has 112 valence electrons. The summed E-state index contributed by atoms with van der Waals surface area (Å²) in [5.74, 6) is 1.35. The predicted octanol–water partition coefficient (Wildman–Crippen LogP) is 4.54. The second-order valence-electron chi connectivity index (χ2n) is 4.43. The Hall–Kier alpha value is -2.11. The van der Waals surface area contributed by atoms with Crippen molar-refractivity contribution in [2.45, 2.75) is 0 Å². The van der Waals surface area contributed by atoms with Crippen LogP contribution in [0.3, 0.4) is 0 Å². The van der Waals surface area contributed by atoms with Crippen molar-refractivity contribution in [1.29, 1.82) is 0 Å². The van der Waals surface area contributed by atoms with Gasteiger partial charge in [0.15, 0.2) is 11.5 Å². The van der Waals surface area contributed by atoms with Crippen molar-refractivity contribution >= 4 is 22.9 Å². The van der Waals surface area contributed by atoms with Crippen molar-refractivity contribution < 1.29 is 9.47 Å². The molecule has 0 aliphatic rings. The first kappa shape index (κ1) is 14.8. The van der Waals surface area contributed by atoms with Gasteiger partial charge in [0.1, 0.15) is 5.01 Å². The van der Waals surface area contributed by atoms with Gasteiger partial charge in [-0.25, -0.2) is 4.98 Å². The first-order valence-electron chi connectivity index (χ1n) is 6.51. The zero-order valence-corrected chi connectivity index (χ0v) is 13.6. The largest absolute Gasteiger partial charge is 0.493 e. The summed E-state index contributed by atoms with van der Waals surface area (Å²) in [6.07, 6.45) is 3.31. The first-order valence-corrected chi connectivity index (χ1v) is 7.77. The molecule has 0 atom stereocenters. The molecule has 0 bridgehead atoms. The van der Waals surface area contributed by atoms with Gasteiger partial charge in [0.05, 0.1) is 30.5 Å². The van der Waals surface area contributed by atoms with Gasteiger partial charge in [-0.3, -0.25) is 4.98 Å². The Labute approximate surface area is 137 Å². The third-order valence-corrected chi connectivity index (χ3v) is 4.36. The number of para-hydroxylation sites is 1. The Bertz CT molecular complexity index is 804. The SMILES string of the molecule is COc1cccc(-c2nc(-c3ccncc3Cl)cs2)c1OC. The van der Waals surface area contributed by atoms with Crippen LogP contribution in [0.5, 0.6) is 11.5 Å². The number of nitrogens with zero attached hydrogens (tertiary/aromatic N) is 2. The molecule has 3 aromatic rings. The summed E-state index contributed by atoms with van der Waals surface area (Å²) in [6, 6.07) is 7.58. The summed E-state index contributed by atoms with van der Waals surface area (Å²) in [6.45, 7) is 0. The second-order valence-corrected chi connectivity index (χ2v) is 5.70. The summed E-state index contributed by atoms with van der Waals surface area (Å²) in [7, 11) is 3.24. The number of ether oxygens (including phenoxy) is 2. The van der Waals surface area contributed by atoms with Gasteiger partial charge in [-0.15, -0.1) is 11.3 Å². The molecule has 1 aromatic carbocycles. The van der Waals surface area contributed by atoms with E-state index in [4.69, 9.17) is 21.1 Å². The lowest BCUT2D eigenvalue weighted by molar-refractivity contribution is 0.356. The quantitative estimate of drug-likeness (QED) is 0.703. The third kappa shape index (κ3) is 2.65. The minimum atomic E-state index is 0.581. The molecule has 0 spiro atoms. The maximum atomic E-state index is 6.18. The Kier molecular flexibility index (Phi) is 4.27. The molecular formula is C16H13ClN2O2S. The van der Waals surface area contributed by atoms with Crippen molar-refractivity contribution in [3.63, 3.8) is 0 Å². The Morgan fingerprint density at radius 3 is 2.68 bits per heavy atom. The highest BCUT2D eigenvalue weighted by atomic mass is 35.5. The number of aromatic nitrogens is 2. The molecule has 0 aliphatic carbocycles. The Morgan fingerprint density at radius 2 is 1.95 bits per heavy atom. The van der Waals surface area contributed by atoms with E-state index in [2.05, 4.69) is 9.97 Å². The number of halogens is 1. The molecule has 2 heterocycles. The van der Waals surface area contributed by atoms with Crippen molar-refractivity contribution in [3.8, 4) is 33.3 Å². The molecule has 0 N–H and O–H groups in total. The van der Waals surface area contributed by atoms with E-state index < -0.39 is 0 Å². The lowest BCUT2D eigenvalue weighted by Gasteiger charge is -2.10. The fourth-order valence-corrected chi connectivity index (χ4v) is 3.22. The molecule has 4 nitrogen and oxygen atoms in total. The van der Waals surface area contributed by atoms with Gasteiger partial charge in [-0.05, 0) is 18.2 Å². The van der Waals surface area contributed by atoms with Crippen molar-refractivity contribution in [2.24, 2.45) is 0 Å². The molecule has 0 radical (unpaired) electrons. The van der Waals surface area contributed by atoms with Crippen molar-refractivity contribution in [2.75, 3.05) is 14.2 Å². The monoisotopic (exact) mass is 332 g/mol. The van der Waals surface area contributed by atoms with E-state index in [-0.39, 0.29) is 0 Å². The molecular weight excluding hydrogens is 320 g/mol. The number of thiazole rings is 1. The summed E-state index contributed by atoms with van der Waals surface area (Å²) >= 11 is 7.71. The lowest BCUT2D eigenvalue weighted by Crippen LogP contribution is -1.93. The Balaban J connectivity index is 2.07. The molecule has 0 amide bonds. The van der Waals surface area contributed by atoms with E-state index in [1.54, 1.807) is 26.6 Å². The molecule has 0 fully saturated rings. The number of hydrogen-bond acceptors (Lipinski definition) is 5. The molecule has 0 saturated heterocycles. The minimum absolute atomic E-state index is 0.581. The normalized spacial score (nSPS) is 10.5. The van der Waals surface area contributed by atoms with Crippen LogP contribution < -0.4 is 9.47 Å². The Morgan fingerprint density at radius 1 is 1.09 bits per heavy atom. The van der Waals surface area contributed by atoms with Crippen LogP contribution >= 0.6 is 22.9 Å². The first-order chi connectivity index (χ1) is 10.7. The topological polar surface area (TPSA) is 44.2 Å². The van der Waals surface area contributed by atoms with Gasteiger partial charge in [0, 0.05) is 23.3 Å². The van der Waals surface area contributed by atoms with Crippen LogP contribution in [-0.2, 0) is 0 Å². The highest BCUT2D eigenvalue weighted by Gasteiger charge is 2.15. The molecule has 22 heavy (non-hydrogen) atoms. The number of methoxy groups -OCH3 is 2. The van der Waals surface area contributed by atoms with Crippen molar-refractivity contribution in [1.82, 2.24) is 9.97 Å². The van der Waals surface area contributed by atoms with Crippen LogP contribution in [0.15, 0.2) is 42.0 Å². The van der Waals surface area contributed by atoms with E-state index in [0.717, 1.165) is 21.8 Å². The molecule has 0 unspecified atom stereocenters. The van der Waals surface area contributed by atoms with E-state index in [0.29, 0.717) is 16.5 Å². The van der Waals surface area contributed by atoms with Gasteiger partial charge >= 0.3 is 0 Å². The van der Waals surface area contributed by atoms with E-state index in [1.165, 1.54) is 11.3 Å². The number of rotatable bonds is 4. The maximum Gasteiger partial charge on any atom is 0.170 e. The summed E-state index contributed by atoms with van der Waals surface area (Å²) < 4.78 is 10.8. The summed E-state index contributed by atoms with van der Waals surface area (Å²) in [5, 5.41) is 3.39. The number of hydrogen-bond donors (Lipinski definition) is 0. The zero-order chi connectivity index (χ0) is 15.5. The number of benzene rings is 1. The number of pyridine rings is 1. The van der Waals surface area contributed by atoms with Gasteiger partial charge < -0.3 is 9.47 Å². The molecule has 6 heteroatoms. The highest BCUT2D eigenvalue weighted by Crippen LogP contribution is 2.40. The molecule has 2 aromatic heterocycles. The van der Waals surface area contributed by atoms with Crippen LogP contribution in [0.4, 0.5) is 0 Å². The highest BCUT2D eigenvalue weighted by molar-refractivity contribution is 7.13. The maximum absolute atomic E-state index is 6.18. The smallest absolute Gasteiger partial charge is 0.170 e. The van der Waals surface area contributed by atoms with Gasteiger partial charge in [-0.2, -0.15) is 0 Å². The standard InChI is InChI=1S/C16H13ClN2O2S/c1-20-14-5-3-4-11(15(14)21-2)16-19-13(9-22-16)10-6-7-18-8-12(10)17/h3-9H,1-2H3. The molecule has 0 aliphatic heterocycles. The van der Waals surface area contributed by atoms with Crippen LogP contribution in [0.1, 0.15) is 0 Å². The average molecular weight is 333 g/mol. The van der Waals surface area contributed by atoms with Gasteiger partial charge in [0.2, 0.25) is 0 Å². The zero-order valence-electron chi connectivity index (χ0n) is 12.0. The molecule has 0 saturated carbocycles. The third-order valence-electron chi connectivity index (χ3n) is 3.19. The van der Waals surface area contributed by atoms with Crippen LogP contribution in [0.25, 0.3) is 21.8 Å². The minimum Gasteiger partial charge on any atom is -0.493 e. The van der Waals surface area contributed by atoms with Crippen molar-refractivity contribution in [3.05, 3.63) is 47.1 Å². The van der Waals surface area contributed by atoms with Crippen LogP contribution in [-0.4, -0.2) is 24.2 Å². The van der Waals surface area contributed by atoms with Crippen LogP contribution in [0.2, 0.25) is 5.02 Å². The lowest BCUT2D eigenvalue weighted by atomic mass is 10.2. The van der Waals surface area contributed by atoms with Gasteiger partial charge in [0.25, 0.3) is 0 Å². The molecule has 3 rings (SSSR count). The fourth-order valence-electron chi connectivity index (χ4n) is 2.16. The fraction of sp³-hybridized carbons (Fsp3) is 0.125. The van der Waals surface area contributed by atoms with E-state index >= 15 is 0 Å². The van der Waals surface area contributed by atoms with Crippen LogP contribution in [0, 0.1) is 0 Å². The van der Waals surface area contributed by atoms with E-state index in [1.807, 2.05) is 29.6 Å². The average Bonchev–Trinajstić information content (AvgIpc) is 3.04. The summed E-state index contributed by atoms with van der Waals surface area (Å²) in [4.78, 5) is 8.66. The second kappa shape index (κ2) is 6.34. The summed E-state index contributed by atoms with van der Waals surface area (Å²) in [5.41, 5.74) is 2.57. The van der Waals surface area contributed by atoms with E-state index in [9.17, 15) is 0 Å². The van der Waals surface area contributed by atoms with Gasteiger partial charge in [-0.1, -0.05) is 17.7 Å².